The van der Waals surface area contributed by atoms with Gasteiger partial charge in [0, 0.05) is 13.6 Å². The highest BCUT2D eigenvalue weighted by molar-refractivity contribution is 7.92. The molecule has 1 N–H and O–H groups in total. The molecule has 0 fully saturated rings. The first kappa shape index (κ1) is 29.5. The van der Waals surface area contributed by atoms with Gasteiger partial charge in [-0.05, 0) is 74.9 Å². The van der Waals surface area contributed by atoms with Crippen LogP contribution in [0.5, 0.6) is 11.5 Å². The van der Waals surface area contributed by atoms with Crippen LogP contribution in [0.15, 0.2) is 77.7 Å². The zero-order valence-corrected chi connectivity index (χ0v) is 23.7. The van der Waals surface area contributed by atoms with Gasteiger partial charge in [-0.3, -0.25) is 13.9 Å². The summed E-state index contributed by atoms with van der Waals surface area (Å²) in [4.78, 5) is 27.8. The third-order valence-corrected chi connectivity index (χ3v) is 8.04. The number of sulfonamides is 1. The van der Waals surface area contributed by atoms with Crippen LogP contribution >= 0.6 is 0 Å². The molecule has 39 heavy (non-hydrogen) atoms. The Hall–Kier alpha value is -4.05. The lowest BCUT2D eigenvalue weighted by molar-refractivity contribution is -0.139. The summed E-state index contributed by atoms with van der Waals surface area (Å²) in [6.45, 7) is 5.38. The smallest absolute Gasteiger partial charge is 0.264 e. The first-order chi connectivity index (χ1) is 18.6. The van der Waals surface area contributed by atoms with Gasteiger partial charge in [-0.2, -0.15) is 0 Å². The Morgan fingerprint density at radius 2 is 1.51 bits per heavy atom. The minimum Gasteiger partial charge on any atom is -0.497 e. The number of methoxy groups -OCH3 is 1. The molecule has 0 saturated carbocycles. The molecule has 3 rings (SSSR count). The molecule has 0 heterocycles. The minimum absolute atomic E-state index is 0.0142. The van der Waals surface area contributed by atoms with E-state index < -0.39 is 28.5 Å². The molecule has 0 aromatic heterocycles. The van der Waals surface area contributed by atoms with Crippen molar-refractivity contribution >= 4 is 27.5 Å². The lowest BCUT2D eigenvalue weighted by Gasteiger charge is -2.31. The first-order valence-electron chi connectivity index (χ1n) is 12.6. The number of nitrogens with one attached hydrogen (secondary N) is 1. The zero-order valence-electron chi connectivity index (χ0n) is 22.9. The molecule has 3 aromatic rings. The number of rotatable bonds is 12. The molecule has 208 valence electrons. The van der Waals surface area contributed by atoms with Crippen LogP contribution in [0.25, 0.3) is 0 Å². The Morgan fingerprint density at radius 3 is 2.05 bits per heavy atom. The summed E-state index contributed by atoms with van der Waals surface area (Å²) in [5.41, 5.74) is 2.04. The number of hydrogen-bond donors (Lipinski definition) is 1. The normalized spacial score (nSPS) is 11.8. The number of benzene rings is 3. The molecule has 0 saturated heterocycles. The first-order valence-corrected chi connectivity index (χ1v) is 14.0. The maximum atomic E-state index is 13.9. The molecule has 0 aliphatic heterocycles. The van der Waals surface area contributed by atoms with E-state index in [2.05, 4.69) is 5.32 Å². The molecular formula is C29H35N3O6S. The van der Waals surface area contributed by atoms with Crippen LogP contribution in [0, 0.1) is 6.92 Å². The average Bonchev–Trinajstić information content (AvgIpc) is 2.95. The molecule has 9 nitrogen and oxygen atoms in total. The molecule has 0 spiro atoms. The Labute approximate surface area is 230 Å². The van der Waals surface area contributed by atoms with Crippen LogP contribution < -0.4 is 19.1 Å². The number of likely N-dealkylation sites (N-methyl/N-ethyl adjacent to an activating group) is 1. The summed E-state index contributed by atoms with van der Waals surface area (Å²) in [5.74, 6) is 0.299. The van der Waals surface area contributed by atoms with Gasteiger partial charge in [0.2, 0.25) is 11.8 Å². The van der Waals surface area contributed by atoms with Gasteiger partial charge in [0.05, 0.1) is 24.3 Å². The molecule has 0 radical (unpaired) electrons. The summed E-state index contributed by atoms with van der Waals surface area (Å²) >= 11 is 0. The molecular weight excluding hydrogens is 518 g/mol. The van der Waals surface area contributed by atoms with E-state index in [1.165, 1.54) is 24.1 Å². The van der Waals surface area contributed by atoms with Gasteiger partial charge in [0.1, 0.15) is 24.1 Å². The largest absolute Gasteiger partial charge is 0.497 e. The standard InChI is InChI=1S/C29H35N3O6S/c1-6-38-26-15-17-27(18-16-26)39(35,36)32(24-11-7-21(2)8-12-24)20-28(33)31(22(3)29(34)30-4)19-23-9-13-25(37-5)14-10-23/h7-18,22H,6,19-20H2,1-5H3,(H,30,34). The van der Waals surface area contributed by atoms with Crippen molar-refractivity contribution in [2.75, 3.05) is 31.6 Å². The number of ether oxygens (including phenoxy) is 2. The highest BCUT2D eigenvalue weighted by atomic mass is 32.2. The van der Waals surface area contributed by atoms with Crippen LogP contribution in [0.3, 0.4) is 0 Å². The van der Waals surface area contributed by atoms with Crippen molar-refractivity contribution in [1.82, 2.24) is 10.2 Å². The van der Waals surface area contributed by atoms with Gasteiger partial charge >= 0.3 is 0 Å². The third kappa shape index (κ3) is 7.29. The van der Waals surface area contributed by atoms with Gasteiger partial charge < -0.3 is 19.7 Å². The topological polar surface area (TPSA) is 105 Å². The maximum absolute atomic E-state index is 13.9. The number of nitrogens with zero attached hydrogens (tertiary/aromatic N) is 2. The fourth-order valence-electron chi connectivity index (χ4n) is 3.96. The second-order valence-corrected chi connectivity index (χ2v) is 10.8. The molecule has 1 unspecified atom stereocenters. The number of carbonyl (C=O) groups is 2. The lowest BCUT2D eigenvalue weighted by atomic mass is 10.1. The molecule has 2 amide bonds. The van der Waals surface area contributed by atoms with Crippen LogP contribution in [0.4, 0.5) is 5.69 Å². The Bertz CT molecular complexity index is 1360. The molecule has 1 atom stereocenters. The van der Waals surface area contributed by atoms with Crippen LogP contribution in [0.2, 0.25) is 0 Å². The van der Waals surface area contributed by atoms with Gasteiger partial charge in [-0.15, -0.1) is 0 Å². The van der Waals surface area contributed by atoms with Crippen LogP contribution in [-0.4, -0.2) is 58.5 Å². The van der Waals surface area contributed by atoms with E-state index in [4.69, 9.17) is 9.47 Å². The van der Waals surface area contributed by atoms with Crippen molar-refractivity contribution in [3.05, 3.63) is 83.9 Å². The van der Waals surface area contributed by atoms with Crippen molar-refractivity contribution < 1.29 is 27.5 Å². The molecule has 0 bridgehead atoms. The Balaban J connectivity index is 2.00. The summed E-state index contributed by atoms with van der Waals surface area (Å²) in [6, 6.07) is 19.2. The number of aryl methyl sites for hydroxylation is 1. The van der Waals surface area contributed by atoms with Crippen molar-refractivity contribution in [3.8, 4) is 11.5 Å². The average molecular weight is 554 g/mol. The summed E-state index contributed by atoms with van der Waals surface area (Å²) < 4.78 is 39.4. The number of hydrogen-bond acceptors (Lipinski definition) is 6. The zero-order chi connectivity index (χ0) is 28.6. The highest BCUT2D eigenvalue weighted by Gasteiger charge is 2.32. The third-order valence-electron chi connectivity index (χ3n) is 6.25. The van der Waals surface area contributed by atoms with E-state index >= 15 is 0 Å². The number of amides is 2. The molecule has 3 aromatic carbocycles. The van der Waals surface area contributed by atoms with Crippen LogP contribution in [-0.2, 0) is 26.2 Å². The van der Waals surface area contributed by atoms with E-state index in [0.717, 1.165) is 15.4 Å². The van der Waals surface area contributed by atoms with E-state index in [9.17, 15) is 18.0 Å². The lowest BCUT2D eigenvalue weighted by Crippen LogP contribution is -2.50. The van der Waals surface area contributed by atoms with Gasteiger partial charge in [-0.25, -0.2) is 8.42 Å². The molecule has 0 aliphatic carbocycles. The quantitative estimate of drug-likeness (QED) is 0.366. The Kier molecular flexibility index (Phi) is 9.95. The van der Waals surface area contributed by atoms with Crippen LogP contribution in [0.1, 0.15) is 25.0 Å². The number of anilines is 1. The molecule has 0 aliphatic rings. The van der Waals surface area contributed by atoms with Gasteiger partial charge in [0.15, 0.2) is 0 Å². The van der Waals surface area contributed by atoms with Crippen molar-refractivity contribution in [3.63, 3.8) is 0 Å². The summed E-state index contributed by atoms with van der Waals surface area (Å²) in [6.07, 6.45) is 0. The fourth-order valence-corrected chi connectivity index (χ4v) is 5.37. The SMILES string of the molecule is CCOc1ccc(S(=O)(=O)N(CC(=O)N(Cc2ccc(OC)cc2)C(C)C(=O)NC)c2ccc(C)cc2)cc1. The van der Waals surface area contributed by atoms with E-state index in [0.29, 0.717) is 23.8 Å². The number of carbonyl (C=O) groups excluding carboxylic acids is 2. The fraction of sp³-hybridized carbons (Fsp3) is 0.310. The van der Waals surface area contributed by atoms with Gasteiger partial charge in [0.25, 0.3) is 10.0 Å². The monoisotopic (exact) mass is 553 g/mol. The van der Waals surface area contributed by atoms with Crippen molar-refractivity contribution in [1.29, 1.82) is 0 Å². The maximum Gasteiger partial charge on any atom is 0.264 e. The van der Waals surface area contributed by atoms with E-state index in [1.54, 1.807) is 74.7 Å². The van der Waals surface area contributed by atoms with E-state index in [-0.39, 0.29) is 17.3 Å². The molecule has 10 heteroatoms. The second-order valence-electron chi connectivity index (χ2n) is 8.91. The predicted molar refractivity (Wildman–Crippen MR) is 150 cm³/mol. The summed E-state index contributed by atoms with van der Waals surface area (Å²) in [5, 5.41) is 2.57. The predicted octanol–water partition coefficient (Wildman–Crippen LogP) is 3.76. The van der Waals surface area contributed by atoms with Crippen molar-refractivity contribution in [2.45, 2.75) is 38.3 Å². The van der Waals surface area contributed by atoms with Gasteiger partial charge in [-0.1, -0.05) is 29.8 Å². The second kappa shape index (κ2) is 13.1. The minimum atomic E-state index is -4.15. The Morgan fingerprint density at radius 1 is 0.923 bits per heavy atom. The van der Waals surface area contributed by atoms with Crippen molar-refractivity contribution in [2.24, 2.45) is 0 Å². The highest BCUT2D eigenvalue weighted by Crippen LogP contribution is 2.26. The van der Waals surface area contributed by atoms with E-state index in [1.807, 2.05) is 13.8 Å². The summed E-state index contributed by atoms with van der Waals surface area (Å²) in [7, 11) is -1.10.